The van der Waals surface area contributed by atoms with Gasteiger partial charge in [-0.3, -0.25) is 4.31 Å². The molecule has 5 nitrogen and oxygen atoms in total. The summed E-state index contributed by atoms with van der Waals surface area (Å²) in [4.78, 5) is 8.11. The molecule has 0 radical (unpaired) electrons. The van der Waals surface area contributed by atoms with Crippen molar-refractivity contribution < 1.29 is 8.78 Å². The zero-order valence-corrected chi connectivity index (χ0v) is 21.2. The van der Waals surface area contributed by atoms with Crippen LogP contribution in [0.2, 0.25) is 0 Å². The Morgan fingerprint density at radius 2 is 1.89 bits per heavy atom. The maximum Gasteiger partial charge on any atom is 0.224 e. The predicted octanol–water partition coefficient (Wildman–Crippen LogP) is 6.95. The molecule has 1 fully saturated rings. The zero-order valence-electron chi connectivity index (χ0n) is 20.4. The number of hydrogen-bond donors (Lipinski definition) is 2. The molecule has 0 atom stereocenters. The predicted molar refractivity (Wildman–Crippen MR) is 145 cm³/mol. The Kier molecular flexibility index (Phi) is 7.34. The number of anilines is 2. The summed E-state index contributed by atoms with van der Waals surface area (Å²) in [7, 11) is 0. The first-order valence-electron chi connectivity index (χ1n) is 12.2. The van der Waals surface area contributed by atoms with Crippen molar-refractivity contribution in [2.45, 2.75) is 32.1 Å². The van der Waals surface area contributed by atoms with E-state index in [4.69, 9.17) is 4.98 Å². The highest BCUT2D eigenvalue weighted by Gasteiger charge is 2.22. The summed E-state index contributed by atoms with van der Waals surface area (Å²) in [5, 5.41) is 6.75. The van der Waals surface area contributed by atoms with Crippen LogP contribution in [0.5, 0.6) is 0 Å². The van der Waals surface area contributed by atoms with Crippen LogP contribution in [-0.4, -0.2) is 33.6 Å². The molecule has 0 amide bonds. The molecule has 2 N–H and O–H groups in total. The highest BCUT2D eigenvalue weighted by Crippen LogP contribution is 2.36. The van der Waals surface area contributed by atoms with Gasteiger partial charge in [0, 0.05) is 36.2 Å². The average molecular weight is 506 g/mol. The van der Waals surface area contributed by atoms with E-state index in [1.165, 1.54) is 11.6 Å². The molecule has 1 saturated heterocycles. The summed E-state index contributed by atoms with van der Waals surface area (Å²) in [5.41, 5.74) is 5.53. The number of rotatable bonds is 6. The number of hydrogen-bond acceptors (Lipinski definition) is 6. The van der Waals surface area contributed by atoms with E-state index in [1.54, 1.807) is 0 Å². The van der Waals surface area contributed by atoms with E-state index < -0.39 is 11.9 Å². The molecule has 1 aromatic carbocycles. The number of allylic oxidation sites excluding steroid dienone is 1. The molecule has 0 spiro atoms. The first-order valence-corrected chi connectivity index (χ1v) is 13.4. The summed E-state index contributed by atoms with van der Waals surface area (Å²) in [5.74, 6) is -0.570. The Morgan fingerprint density at radius 1 is 1.11 bits per heavy atom. The molecule has 186 valence electrons. The van der Waals surface area contributed by atoms with Crippen LogP contribution in [-0.2, 0) is 0 Å². The van der Waals surface area contributed by atoms with E-state index in [1.807, 2.05) is 30.3 Å². The molecule has 0 bridgehead atoms. The van der Waals surface area contributed by atoms with E-state index >= 15 is 0 Å². The number of benzene rings is 1. The average Bonchev–Trinajstić information content (AvgIpc) is 2.89. The van der Waals surface area contributed by atoms with Crippen LogP contribution in [0.4, 0.5) is 20.3 Å². The number of piperidine rings is 1. The van der Waals surface area contributed by atoms with Crippen LogP contribution in [0, 0.1) is 11.9 Å². The SMILES string of the molecule is CC/C=C1\NC=Cc2cc(-c3ccc(F)nc3F)nc(Nc3ccc(C4CCN(SC)CC4)cc3)c21. The van der Waals surface area contributed by atoms with Gasteiger partial charge in [0.25, 0.3) is 0 Å². The maximum atomic E-state index is 14.5. The molecule has 2 aromatic heterocycles. The molecule has 0 unspecified atom stereocenters. The van der Waals surface area contributed by atoms with Gasteiger partial charge >= 0.3 is 0 Å². The first kappa shape index (κ1) is 24.5. The standard InChI is InChI=1S/C28H29F2N5S/c1-3-4-23-26-20(11-14-31-23)17-24(22-9-10-25(29)34-27(22)30)33-28(26)32-21-7-5-18(6-8-21)19-12-15-35(36-2)16-13-19/h4-11,14,17,19,31H,3,12-13,15-16H2,1-2H3,(H,32,33)/b23-4-. The summed E-state index contributed by atoms with van der Waals surface area (Å²) in [6, 6.07) is 12.9. The number of fused-ring (bicyclic) bond motifs is 1. The summed E-state index contributed by atoms with van der Waals surface area (Å²) in [6.07, 6.45) is 11.2. The van der Waals surface area contributed by atoms with Crippen molar-refractivity contribution in [3.05, 3.63) is 83.3 Å². The molecule has 4 heterocycles. The molecule has 5 rings (SSSR count). The fourth-order valence-corrected chi connectivity index (χ4v) is 5.39. The monoisotopic (exact) mass is 505 g/mol. The van der Waals surface area contributed by atoms with Crippen molar-refractivity contribution in [3.63, 3.8) is 0 Å². The molecule has 2 aliphatic heterocycles. The lowest BCUT2D eigenvalue weighted by Crippen LogP contribution is -2.27. The van der Waals surface area contributed by atoms with Crippen molar-refractivity contribution in [3.8, 4) is 11.3 Å². The topological polar surface area (TPSA) is 53.1 Å². The lowest BCUT2D eigenvalue weighted by atomic mass is 9.90. The van der Waals surface area contributed by atoms with Gasteiger partial charge in [-0.1, -0.05) is 37.1 Å². The van der Waals surface area contributed by atoms with E-state index in [-0.39, 0.29) is 5.56 Å². The number of nitrogens with zero attached hydrogens (tertiary/aromatic N) is 3. The van der Waals surface area contributed by atoms with Crippen LogP contribution >= 0.6 is 11.9 Å². The van der Waals surface area contributed by atoms with Gasteiger partial charge in [-0.15, -0.1) is 0 Å². The van der Waals surface area contributed by atoms with E-state index in [0.29, 0.717) is 17.4 Å². The molecule has 0 saturated carbocycles. The Hall–Kier alpha value is -3.23. The minimum Gasteiger partial charge on any atom is -0.361 e. The number of pyridine rings is 2. The highest BCUT2D eigenvalue weighted by molar-refractivity contribution is 7.96. The largest absolute Gasteiger partial charge is 0.361 e. The number of halogens is 2. The number of aromatic nitrogens is 2. The van der Waals surface area contributed by atoms with Gasteiger partial charge < -0.3 is 10.6 Å². The van der Waals surface area contributed by atoms with Gasteiger partial charge in [0.2, 0.25) is 11.9 Å². The molecule has 3 aromatic rings. The highest BCUT2D eigenvalue weighted by atomic mass is 32.2. The van der Waals surface area contributed by atoms with Gasteiger partial charge in [0.15, 0.2) is 0 Å². The third-order valence-electron chi connectivity index (χ3n) is 6.68. The van der Waals surface area contributed by atoms with Gasteiger partial charge in [-0.2, -0.15) is 13.8 Å². The molecular weight excluding hydrogens is 476 g/mol. The van der Waals surface area contributed by atoms with E-state index in [0.717, 1.165) is 60.9 Å². The Labute approximate surface area is 214 Å². The van der Waals surface area contributed by atoms with Gasteiger partial charge in [-0.05, 0) is 79.0 Å². The zero-order chi connectivity index (χ0) is 25.1. The van der Waals surface area contributed by atoms with Crippen LogP contribution in [0.15, 0.2) is 54.7 Å². The van der Waals surface area contributed by atoms with Crippen molar-refractivity contribution in [1.29, 1.82) is 0 Å². The van der Waals surface area contributed by atoms with Crippen molar-refractivity contribution in [2.75, 3.05) is 24.7 Å². The molecule has 0 aliphatic carbocycles. The molecule has 36 heavy (non-hydrogen) atoms. The second kappa shape index (κ2) is 10.8. The lowest BCUT2D eigenvalue weighted by Gasteiger charge is -2.30. The van der Waals surface area contributed by atoms with Crippen molar-refractivity contribution >= 4 is 35.2 Å². The van der Waals surface area contributed by atoms with Gasteiger partial charge in [-0.25, -0.2) is 4.98 Å². The lowest BCUT2D eigenvalue weighted by molar-refractivity contribution is 0.347. The van der Waals surface area contributed by atoms with E-state index in [9.17, 15) is 8.78 Å². The minimum atomic E-state index is -0.882. The second-order valence-corrected chi connectivity index (χ2v) is 9.81. The molecule has 2 aliphatic rings. The summed E-state index contributed by atoms with van der Waals surface area (Å²) < 4.78 is 30.4. The van der Waals surface area contributed by atoms with Crippen LogP contribution in [0.3, 0.4) is 0 Å². The van der Waals surface area contributed by atoms with Gasteiger partial charge in [0.05, 0.1) is 11.3 Å². The summed E-state index contributed by atoms with van der Waals surface area (Å²) in [6.45, 7) is 4.29. The third kappa shape index (κ3) is 5.15. The fourth-order valence-electron chi connectivity index (χ4n) is 4.82. The van der Waals surface area contributed by atoms with Crippen molar-refractivity contribution in [2.24, 2.45) is 0 Å². The Balaban J connectivity index is 1.48. The maximum absolute atomic E-state index is 14.5. The smallest absolute Gasteiger partial charge is 0.224 e. The summed E-state index contributed by atoms with van der Waals surface area (Å²) >= 11 is 1.82. The first-order chi connectivity index (χ1) is 17.6. The van der Waals surface area contributed by atoms with Crippen LogP contribution in [0.1, 0.15) is 48.8 Å². The van der Waals surface area contributed by atoms with Gasteiger partial charge in [0.1, 0.15) is 5.82 Å². The molecule has 8 heteroatoms. The quantitative estimate of drug-likeness (QED) is 0.279. The third-order valence-corrected chi connectivity index (χ3v) is 7.56. The minimum absolute atomic E-state index is 0.155. The Bertz CT molecular complexity index is 1300. The van der Waals surface area contributed by atoms with E-state index in [2.05, 4.69) is 63.4 Å². The van der Waals surface area contributed by atoms with Crippen molar-refractivity contribution in [1.82, 2.24) is 19.6 Å². The molecular formula is C28H29F2N5S. The fraction of sp³-hybridized carbons (Fsp3) is 0.286. The number of nitrogens with one attached hydrogen (secondary N) is 2. The Morgan fingerprint density at radius 3 is 2.58 bits per heavy atom. The normalized spacial score (nSPS) is 17.2. The van der Waals surface area contributed by atoms with Crippen LogP contribution < -0.4 is 10.6 Å². The van der Waals surface area contributed by atoms with Crippen LogP contribution in [0.25, 0.3) is 23.0 Å². The second-order valence-electron chi connectivity index (χ2n) is 8.93.